The highest BCUT2D eigenvalue weighted by Gasteiger charge is 2.14. The lowest BCUT2D eigenvalue weighted by atomic mass is 10.1. The lowest BCUT2D eigenvalue weighted by Crippen LogP contribution is -2.28. The molecule has 2 aromatic carbocycles. The Bertz CT molecular complexity index is 645. The second-order valence-corrected chi connectivity index (χ2v) is 4.71. The summed E-state index contributed by atoms with van der Waals surface area (Å²) in [4.78, 5) is 12.1. The van der Waals surface area contributed by atoms with Gasteiger partial charge in [0.25, 0.3) is 5.91 Å². The third-order valence-electron chi connectivity index (χ3n) is 3.13. The zero-order valence-electron chi connectivity index (χ0n) is 12.3. The molecule has 2 rings (SSSR count). The number of benzene rings is 2. The van der Waals surface area contributed by atoms with Crippen molar-refractivity contribution >= 4 is 5.91 Å². The second-order valence-electron chi connectivity index (χ2n) is 4.71. The number of rotatable bonds is 6. The monoisotopic (exact) mass is 303 g/mol. The molecule has 0 aliphatic heterocycles. The first-order chi connectivity index (χ1) is 10.6. The molecule has 2 aromatic rings. The van der Waals surface area contributed by atoms with E-state index in [0.717, 1.165) is 0 Å². The predicted molar refractivity (Wildman–Crippen MR) is 81.3 cm³/mol. The van der Waals surface area contributed by atoms with Gasteiger partial charge >= 0.3 is 0 Å². The van der Waals surface area contributed by atoms with Gasteiger partial charge in [-0.05, 0) is 31.2 Å². The van der Waals surface area contributed by atoms with Crippen LogP contribution in [0.15, 0.2) is 48.5 Å². The van der Waals surface area contributed by atoms with Crippen LogP contribution < -0.4 is 10.1 Å². The van der Waals surface area contributed by atoms with Crippen molar-refractivity contribution in [2.75, 3.05) is 13.2 Å². The van der Waals surface area contributed by atoms with E-state index in [0.29, 0.717) is 17.9 Å². The number of aliphatic hydroxyl groups excluding tert-OH is 1. The molecule has 5 heteroatoms. The van der Waals surface area contributed by atoms with Crippen LogP contribution in [0, 0.1) is 5.82 Å². The van der Waals surface area contributed by atoms with Crippen LogP contribution in [0.1, 0.15) is 28.9 Å². The van der Waals surface area contributed by atoms with Gasteiger partial charge in [0.05, 0.1) is 12.7 Å². The average Bonchev–Trinajstić information content (AvgIpc) is 2.53. The molecular weight excluding hydrogens is 285 g/mol. The Kier molecular flexibility index (Phi) is 5.49. The molecule has 1 unspecified atom stereocenters. The minimum Gasteiger partial charge on any atom is -0.494 e. The topological polar surface area (TPSA) is 58.6 Å². The van der Waals surface area contributed by atoms with Crippen LogP contribution in [-0.4, -0.2) is 24.2 Å². The van der Waals surface area contributed by atoms with E-state index < -0.39 is 11.9 Å². The van der Waals surface area contributed by atoms with E-state index >= 15 is 0 Å². The van der Waals surface area contributed by atoms with Gasteiger partial charge in [0.1, 0.15) is 11.6 Å². The third kappa shape index (κ3) is 4.05. The Balaban J connectivity index is 1.98. The van der Waals surface area contributed by atoms with Crippen molar-refractivity contribution < 1.29 is 19.0 Å². The number of hydrogen-bond donors (Lipinski definition) is 2. The maximum absolute atomic E-state index is 13.5. The maximum atomic E-state index is 13.5. The number of halogens is 1. The van der Waals surface area contributed by atoms with Crippen molar-refractivity contribution in [3.05, 3.63) is 65.5 Å². The first kappa shape index (κ1) is 16.0. The van der Waals surface area contributed by atoms with Crippen LogP contribution in [-0.2, 0) is 0 Å². The molecular formula is C17H18FNO3. The Morgan fingerprint density at radius 3 is 2.77 bits per heavy atom. The highest BCUT2D eigenvalue weighted by Crippen LogP contribution is 2.16. The van der Waals surface area contributed by atoms with Gasteiger partial charge in [0, 0.05) is 17.7 Å². The maximum Gasteiger partial charge on any atom is 0.251 e. The number of carbonyl (C=O) groups is 1. The number of aliphatic hydroxyl groups is 1. The summed E-state index contributed by atoms with van der Waals surface area (Å²) in [6.07, 6.45) is -1.10. The summed E-state index contributed by atoms with van der Waals surface area (Å²) in [5.74, 6) is -0.246. The normalized spacial score (nSPS) is 11.8. The van der Waals surface area contributed by atoms with Crippen molar-refractivity contribution in [2.45, 2.75) is 13.0 Å². The molecule has 0 spiro atoms. The lowest BCUT2D eigenvalue weighted by molar-refractivity contribution is 0.0913. The molecule has 4 nitrogen and oxygen atoms in total. The number of ether oxygens (including phenoxy) is 1. The fraction of sp³-hybridized carbons (Fsp3) is 0.235. The SMILES string of the molecule is CCOc1cccc(C(=O)NCC(O)c2ccccc2F)c1. The Hall–Kier alpha value is -2.40. The molecule has 0 saturated carbocycles. The van der Waals surface area contributed by atoms with Crippen LogP contribution in [0.4, 0.5) is 4.39 Å². The largest absolute Gasteiger partial charge is 0.494 e. The van der Waals surface area contributed by atoms with E-state index in [1.807, 2.05) is 6.92 Å². The molecule has 1 atom stereocenters. The number of hydrogen-bond acceptors (Lipinski definition) is 3. The first-order valence-electron chi connectivity index (χ1n) is 7.05. The van der Waals surface area contributed by atoms with Gasteiger partial charge in [-0.25, -0.2) is 4.39 Å². The fourth-order valence-electron chi connectivity index (χ4n) is 2.04. The van der Waals surface area contributed by atoms with Crippen LogP contribution >= 0.6 is 0 Å². The summed E-state index contributed by atoms with van der Waals surface area (Å²) in [7, 11) is 0. The molecule has 0 saturated heterocycles. The van der Waals surface area contributed by atoms with E-state index in [1.165, 1.54) is 12.1 Å². The van der Waals surface area contributed by atoms with E-state index in [4.69, 9.17) is 4.74 Å². The van der Waals surface area contributed by atoms with E-state index in [-0.39, 0.29) is 18.0 Å². The summed E-state index contributed by atoms with van der Waals surface area (Å²) in [5.41, 5.74) is 0.581. The summed E-state index contributed by atoms with van der Waals surface area (Å²) in [5, 5.41) is 12.5. The smallest absolute Gasteiger partial charge is 0.251 e. The molecule has 0 aromatic heterocycles. The van der Waals surface area contributed by atoms with Gasteiger partial charge in [-0.3, -0.25) is 4.79 Å². The number of carbonyl (C=O) groups excluding carboxylic acids is 1. The quantitative estimate of drug-likeness (QED) is 0.862. The molecule has 0 aliphatic carbocycles. The highest BCUT2D eigenvalue weighted by atomic mass is 19.1. The van der Waals surface area contributed by atoms with E-state index in [9.17, 15) is 14.3 Å². The third-order valence-corrected chi connectivity index (χ3v) is 3.13. The van der Waals surface area contributed by atoms with Crippen molar-refractivity contribution in [2.24, 2.45) is 0 Å². The molecule has 1 amide bonds. The lowest BCUT2D eigenvalue weighted by Gasteiger charge is -2.13. The number of nitrogens with one attached hydrogen (secondary N) is 1. The fourth-order valence-corrected chi connectivity index (χ4v) is 2.04. The Morgan fingerprint density at radius 2 is 2.05 bits per heavy atom. The van der Waals surface area contributed by atoms with Crippen molar-refractivity contribution in [3.8, 4) is 5.75 Å². The second kappa shape index (κ2) is 7.56. The van der Waals surface area contributed by atoms with Gasteiger partial charge < -0.3 is 15.2 Å². The van der Waals surface area contributed by atoms with Crippen LogP contribution in [0.25, 0.3) is 0 Å². The molecule has 0 heterocycles. The van der Waals surface area contributed by atoms with Gasteiger partial charge in [0.15, 0.2) is 0 Å². The van der Waals surface area contributed by atoms with Crippen LogP contribution in [0.5, 0.6) is 5.75 Å². The summed E-state index contributed by atoms with van der Waals surface area (Å²) < 4.78 is 18.9. The van der Waals surface area contributed by atoms with Gasteiger partial charge in [0.2, 0.25) is 0 Å². The molecule has 0 aliphatic rings. The van der Waals surface area contributed by atoms with Crippen LogP contribution in [0.3, 0.4) is 0 Å². The summed E-state index contributed by atoms with van der Waals surface area (Å²) in [6, 6.07) is 12.7. The van der Waals surface area contributed by atoms with E-state index in [2.05, 4.69) is 5.32 Å². The Morgan fingerprint density at radius 1 is 1.27 bits per heavy atom. The van der Waals surface area contributed by atoms with Crippen molar-refractivity contribution in [3.63, 3.8) is 0 Å². The van der Waals surface area contributed by atoms with Crippen molar-refractivity contribution in [1.29, 1.82) is 0 Å². The van der Waals surface area contributed by atoms with Gasteiger partial charge in [-0.2, -0.15) is 0 Å². The molecule has 2 N–H and O–H groups in total. The highest BCUT2D eigenvalue weighted by molar-refractivity contribution is 5.94. The van der Waals surface area contributed by atoms with Crippen LogP contribution in [0.2, 0.25) is 0 Å². The first-order valence-corrected chi connectivity index (χ1v) is 7.05. The minimum atomic E-state index is -1.10. The molecule has 0 radical (unpaired) electrons. The number of amides is 1. The molecule has 116 valence electrons. The Labute approximate surface area is 128 Å². The van der Waals surface area contributed by atoms with E-state index in [1.54, 1.807) is 36.4 Å². The predicted octanol–water partition coefficient (Wildman–Crippen LogP) is 2.69. The summed E-state index contributed by atoms with van der Waals surface area (Å²) in [6.45, 7) is 2.30. The average molecular weight is 303 g/mol. The van der Waals surface area contributed by atoms with Gasteiger partial charge in [-0.15, -0.1) is 0 Å². The van der Waals surface area contributed by atoms with Gasteiger partial charge in [-0.1, -0.05) is 24.3 Å². The minimum absolute atomic E-state index is 0.0708. The summed E-state index contributed by atoms with van der Waals surface area (Å²) >= 11 is 0. The molecule has 0 fully saturated rings. The zero-order valence-corrected chi connectivity index (χ0v) is 12.3. The molecule has 0 bridgehead atoms. The zero-order chi connectivity index (χ0) is 15.9. The van der Waals surface area contributed by atoms with Crippen molar-refractivity contribution in [1.82, 2.24) is 5.32 Å². The standard InChI is InChI=1S/C17H18FNO3/c1-2-22-13-7-5-6-12(10-13)17(21)19-11-16(20)14-8-3-4-9-15(14)18/h3-10,16,20H,2,11H2,1H3,(H,19,21). The molecule has 22 heavy (non-hydrogen) atoms.